The van der Waals surface area contributed by atoms with E-state index in [0.717, 1.165) is 35.1 Å². The van der Waals surface area contributed by atoms with E-state index in [1.165, 1.54) is 11.1 Å². The molecule has 0 unspecified atom stereocenters. The van der Waals surface area contributed by atoms with Crippen LogP contribution in [0.25, 0.3) is 0 Å². The van der Waals surface area contributed by atoms with Crippen LogP contribution in [0.2, 0.25) is 0 Å². The van der Waals surface area contributed by atoms with Gasteiger partial charge < -0.3 is 15.4 Å². The molecule has 0 aliphatic carbocycles. The third kappa shape index (κ3) is 4.89. The van der Waals surface area contributed by atoms with Gasteiger partial charge in [-0.1, -0.05) is 29.8 Å². The van der Waals surface area contributed by atoms with E-state index >= 15 is 0 Å². The Morgan fingerprint density at radius 1 is 1.00 bits per heavy atom. The first-order chi connectivity index (χ1) is 13.5. The summed E-state index contributed by atoms with van der Waals surface area (Å²) in [4.78, 5) is 0. The highest BCUT2D eigenvalue weighted by molar-refractivity contribution is 7.80. The molecular weight excluding hydrogens is 368 g/mol. The number of rotatable bonds is 6. The normalized spacial score (nSPS) is 10.6. The van der Waals surface area contributed by atoms with Gasteiger partial charge in [0.05, 0.1) is 30.2 Å². The van der Waals surface area contributed by atoms with Gasteiger partial charge in [0.25, 0.3) is 0 Å². The molecule has 146 valence electrons. The molecule has 3 rings (SSSR count). The highest BCUT2D eigenvalue weighted by Gasteiger charge is 2.13. The average Bonchev–Trinajstić information content (AvgIpc) is 2.93. The molecule has 0 aliphatic heterocycles. The average molecular weight is 395 g/mol. The first-order valence-electron chi connectivity index (χ1n) is 9.36. The van der Waals surface area contributed by atoms with Crippen molar-refractivity contribution in [2.24, 2.45) is 0 Å². The van der Waals surface area contributed by atoms with Crippen molar-refractivity contribution in [2.45, 2.75) is 34.2 Å². The Labute approximate surface area is 171 Å². The van der Waals surface area contributed by atoms with Crippen molar-refractivity contribution in [1.82, 2.24) is 9.78 Å². The summed E-state index contributed by atoms with van der Waals surface area (Å²) >= 11 is 5.48. The van der Waals surface area contributed by atoms with E-state index in [0.29, 0.717) is 11.7 Å². The second-order valence-corrected chi connectivity index (χ2v) is 7.13. The Bertz CT molecular complexity index is 946. The Balaban J connectivity index is 1.67. The highest BCUT2D eigenvalue weighted by atomic mass is 32.1. The number of hydrogen-bond donors (Lipinski definition) is 2. The maximum absolute atomic E-state index is 5.48. The summed E-state index contributed by atoms with van der Waals surface area (Å²) in [7, 11) is 0. The molecule has 0 saturated carbocycles. The van der Waals surface area contributed by atoms with Crippen LogP contribution in [-0.2, 0) is 6.54 Å². The standard InChI is InChI=1S/C22H26N4OS/c1-5-27-20-12-10-19(11-13-20)23-22(28)24-21-16(3)25-26(17(21)4)14-18-8-6-15(2)7-9-18/h6-13H,5,14H2,1-4H3,(H2,23,24,28). The third-order valence-corrected chi connectivity index (χ3v) is 4.70. The minimum Gasteiger partial charge on any atom is -0.494 e. The zero-order valence-electron chi connectivity index (χ0n) is 16.7. The van der Waals surface area contributed by atoms with Gasteiger partial charge in [0.2, 0.25) is 0 Å². The zero-order valence-corrected chi connectivity index (χ0v) is 17.6. The van der Waals surface area contributed by atoms with Crippen LogP contribution < -0.4 is 15.4 Å². The second kappa shape index (κ2) is 8.89. The van der Waals surface area contributed by atoms with Crippen LogP contribution in [0.1, 0.15) is 29.4 Å². The molecule has 0 atom stereocenters. The molecular formula is C22H26N4OS. The smallest absolute Gasteiger partial charge is 0.175 e. The maximum atomic E-state index is 5.48. The summed E-state index contributed by atoms with van der Waals surface area (Å²) in [5.74, 6) is 0.844. The Morgan fingerprint density at radius 2 is 1.68 bits per heavy atom. The molecule has 2 N–H and O–H groups in total. The number of thiocarbonyl (C=S) groups is 1. The van der Waals surface area contributed by atoms with Crippen LogP contribution in [0.15, 0.2) is 48.5 Å². The largest absolute Gasteiger partial charge is 0.494 e. The van der Waals surface area contributed by atoms with E-state index in [9.17, 15) is 0 Å². The Hall–Kier alpha value is -2.86. The van der Waals surface area contributed by atoms with Gasteiger partial charge in [-0.3, -0.25) is 4.68 Å². The summed E-state index contributed by atoms with van der Waals surface area (Å²) in [6.07, 6.45) is 0. The molecule has 3 aromatic rings. The van der Waals surface area contributed by atoms with Gasteiger partial charge in [-0.2, -0.15) is 5.10 Å². The number of nitrogens with zero attached hydrogens (tertiary/aromatic N) is 2. The number of anilines is 2. The molecule has 0 aliphatic rings. The Morgan fingerprint density at radius 3 is 2.32 bits per heavy atom. The van der Waals surface area contributed by atoms with Crippen molar-refractivity contribution in [1.29, 1.82) is 0 Å². The third-order valence-electron chi connectivity index (χ3n) is 4.50. The molecule has 0 fully saturated rings. The molecule has 1 aromatic heterocycles. The summed E-state index contributed by atoms with van der Waals surface area (Å²) in [6, 6.07) is 16.2. The van der Waals surface area contributed by atoms with Gasteiger partial charge in [0.1, 0.15) is 5.75 Å². The van der Waals surface area contributed by atoms with Crippen LogP contribution in [0.5, 0.6) is 5.75 Å². The molecule has 2 aromatic carbocycles. The van der Waals surface area contributed by atoms with Crippen LogP contribution >= 0.6 is 12.2 Å². The number of ether oxygens (including phenoxy) is 1. The minimum atomic E-state index is 0.533. The molecule has 0 saturated heterocycles. The first kappa shape index (κ1) is 19.9. The van der Waals surface area contributed by atoms with Crippen molar-refractivity contribution in [3.63, 3.8) is 0 Å². The van der Waals surface area contributed by atoms with E-state index < -0.39 is 0 Å². The number of aryl methyl sites for hydroxylation is 2. The molecule has 0 bridgehead atoms. The number of hydrogen-bond acceptors (Lipinski definition) is 3. The molecule has 5 nitrogen and oxygen atoms in total. The minimum absolute atomic E-state index is 0.533. The number of nitrogens with one attached hydrogen (secondary N) is 2. The van der Waals surface area contributed by atoms with Crippen molar-refractivity contribution in [3.05, 3.63) is 71.0 Å². The molecule has 28 heavy (non-hydrogen) atoms. The van der Waals surface area contributed by atoms with Gasteiger partial charge in [0.15, 0.2) is 5.11 Å². The lowest BCUT2D eigenvalue weighted by Crippen LogP contribution is -2.20. The predicted octanol–water partition coefficient (Wildman–Crippen LogP) is 5.06. The van der Waals surface area contributed by atoms with Crippen LogP contribution in [0, 0.1) is 20.8 Å². The first-order valence-corrected chi connectivity index (χ1v) is 9.77. The summed E-state index contributed by atoms with van der Waals surface area (Å²) < 4.78 is 7.47. The van der Waals surface area contributed by atoms with Crippen molar-refractivity contribution >= 4 is 28.7 Å². The number of aromatic nitrogens is 2. The fraction of sp³-hybridized carbons (Fsp3) is 0.273. The second-order valence-electron chi connectivity index (χ2n) is 6.73. The van der Waals surface area contributed by atoms with E-state index in [1.807, 2.05) is 42.8 Å². The summed E-state index contributed by atoms with van der Waals surface area (Å²) in [5.41, 5.74) is 6.29. The lowest BCUT2D eigenvalue weighted by molar-refractivity contribution is 0.340. The molecule has 6 heteroatoms. The van der Waals surface area contributed by atoms with Crippen LogP contribution in [0.3, 0.4) is 0 Å². The Kier molecular flexibility index (Phi) is 6.31. The summed E-state index contributed by atoms with van der Waals surface area (Å²) in [5, 5.41) is 11.7. The van der Waals surface area contributed by atoms with Gasteiger partial charge in [-0.15, -0.1) is 0 Å². The van der Waals surface area contributed by atoms with Gasteiger partial charge in [-0.05, 0) is 69.7 Å². The molecule has 0 spiro atoms. The van der Waals surface area contributed by atoms with E-state index in [-0.39, 0.29) is 0 Å². The van der Waals surface area contributed by atoms with Gasteiger partial charge in [0, 0.05) is 5.69 Å². The molecule has 1 heterocycles. The maximum Gasteiger partial charge on any atom is 0.175 e. The van der Waals surface area contributed by atoms with Crippen molar-refractivity contribution in [3.8, 4) is 5.75 Å². The predicted molar refractivity (Wildman–Crippen MR) is 119 cm³/mol. The van der Waals surface area contributed by atoms with Crippen molar-refractivity contribution in [2.75, 3.05) is 17.2 Å². The molecule has 0 amide bonds. The number of benzene rings is 2. The highest BCUT2D eigenvalue weighted by Crippen LogP contribution is 2.22. The quantitative estimate of drug-likeness (QED) is 0.572. The topological polar surface area (TPSA) is 51.1 Å². The van der Waals surface area contributed by atoms with Crippen molar-refractivity contribution < 1.29 is 4.74 Å². The zero-order chi connectivity index (χ0) is 20.1. The molecule has 0 radical (unpaired) electrons. The SMILES string of the molecule is CCOc1ccc(NC(=S)Nc2c(C)nn(Cc3ccc(C)cc3)c2C)cc1. The van der Waals surface area contributed by atoms with Crippen LogP contribution in [-0.4, -0.2) is 21.5 Å². The van der Waals surface area contributed by atoms with E-state index in [1.54, 1.807) is 0 Å². The van der Waals surface area contributed by atoms with E-state index in [4.69, 9.17) is 17.0 Å². The lowest BCUT2D eigenvalue weighted by atomic mass is 10.1. The fourth-order valence-corrected chi connectivity index (χ4v) is 3.20. The van der Waals surface area contributed by atoms with E-state index in [2.05, 4.69) is 53.8 Å². The monoisotopic (exact) mass is 394 g/mol. The van der Waals surface area contributed by atoms with Crippen LogP contribution in [0.4, 0.5) is 11.4 Å². The van der Waals surface area contributed by atoms with Gasteiger partial charge in [-0.25, -0.2) is 0 Å². The van der Waals surface area contributed by atoms with Gasteiger partial charge >= 0.3 is 0 Å². The lowest BCUT2D eigenvalue weighted by Gasteiger charge is -2.12. The summed E-state index contributed by atoms with van der Waals surface area (Å²) in [6.45, 7) is 9.48. The fourth-order valence-electron chi connectivity index (χ4n) is 2.98.